The molecule has 4 aromatic heterocycles. The van der Waals surface area contributed by atoms with Crippen LogP contribution in [0.3, 0.4) is 0 Å². The molecule has 4 heterocycles. The first-order valence-electron chi connectivity index (χ1n) is 16.8. The normalized spacial score (nSPS) is 12.3. The van der Waals surface area contributed by atoms with Gasteiger partial charge in [0.1, 0.15) is 17.3 Å². The van der Waals surface area contributed by atoms with Crippen LogP contribution in [0.4, 0.5) is 0 Å². The zero-order chi connectivity index (χ0) is 33.9. The standard InChI is InChI=1S/C43H39N5O/c1-42(2,3)29-22-24-44-40(25-29)48-36-17-8-7-15-33(36)34-21-20-32(27-39(34)48)49-31-14-11-13-30(26-31)46-28-47(38-19-10-9-18-37(38)46)41-35(43(4,5)6)16-12-23-45-41/h7-27H,1-6H3. The average molecular weight is 642 g/mol. The highest BCUT2D eigenvalue weighted by Crippen LogP contribution is 2.36. The number of hydrogen-bond donors (Lipinski definition) is 0. The first-order valence-corrected chi connectivity index (χ1v) is 16.8. The molecule has 0 saturated heterocycles. The summed E-state index contributed by atoms with van der Waals surface area (Å²) in [6.45, 7) is 13.3. The number of fused-ring (bicyclic) bond motifs is 4. The van der Waals surface area contributed by atoms with Crippen molar-refractivity contribution >= 4 is 32.8 Å². The maximum absolute atomic E-state index is 6.60. The van der Waals surface area contributed by atoms with Gasteiger partial charge in [0.25, 0.3) is 0 Å². The zero-order valence-electron chi connectivity index (χ0n) is 28.8. The third-order valence-electron chi connectivity index (χ3n) is 9.17. The summed E-state index contributed by atoms with van der Waals surface area (Å²) in [7, 11) is 0. The summed E-state index contributed by atoms with van der Waals surface area (Å²) in [5.41, 5.74) is 7.47. The predicted molar refractivity (Wildman–Crippen MR) is 197 cm³/mol. The Hall–Kier alpha value is -5.75. The van der Waals surface area contributed by atoms with Crippen LogP contribution in [0.15, 0.2) is 128 Å². The fourth-order valence-electron chi connectivity index (χ4n) is 6.66. The molecule has 0 amide bonds. The van der Waals surface area contributed by atoms with Gasteiger partial charge in [-0.05, 0) is 70.5 Å². The van der Waals surface area contributed by atoms with E-state index >= 15 is 0 Å². The summed E-state index contributed by atoms with van der Waals surface area (Å²) in [4.78, 5) is 9.65. The van der Waals surface area contributed by atoms with Gasteiger partial charge >= 0.3 is 0 Å². The molecule has 242 valence electrons. The second kappa shape index (κ2) is 11.4. The van der Waals surface area contributed by atoms with Gasteiger partial charge < -0.3 is 9.30 Å². The van der Waals surface area contributed by atoms with E-state index in [4.69, 9.17) is 14.7 Å². The maximum atomic E-state index is 6.60. The summed E-state index contributed by atoms with van der Waals surface area (Å²) < 4.78 is 13.0. The van der Waals surface area contributed by atoms with Gasteiger partial charge in [-0.15, -0.1) is 0 Å². The summed E-state index contributed by atoms with van der Waals surface area (Å²) in [5, 5.41) is 2.33. The topological polar surface area (TPSA) is 48.8 Å². The fourth-order valence-corrected chi connectivity index (χ4v) is 6.66. The summed E-state index contributed by atoms with van der Waals surface area (Å²) in [6, 6.07) is 39.8. The van der Waals surface area contributed by atoms with E-state index in [0.29, 0.717) is 0 Å². The van der Waals surface area contributed by atoms with E-state index in [2.05, 4.69) is 153 Å². The van der Waals surface area contributed by atoms with E-state index in [0.717, 1.165) is 61.8 Å². The van der Waals surface area contributed by atoms with Gasteiger partial charge in [0, 0.05) is 39.8 Å². The molecule has 0 aliphatic carbocycles. The molecular formula is C43H39N5O. The number of pyridine rings is 2. The number of hydrogen-bond acceptors (Lipinski definition) is 3. The van der Waals surface area contributed by atoms with E-state index in [1.165, 1.54) is 10.9 Å². The number of aromatic nitrogens is 5. The quantitative estimate of drug-likeness (QED) is 0.139. The lowest BCUT2D eigenvalue weighted by Crippen LogP contribution is -2.35. The van der Waals surface area contributed by atoms with Crippen LogP contribution >= 0.6 is 0 Å². The smallest absolute Gasteiger partial charge is 0.206 e. The molecule has 8 aromatic rings. The molecular weight excluding hydrogens is 603 g/mol. The molecule has 0 spiro atoms. The minimum atomic E-state index is -0.0837. The molecule has 4 aromatic carbocycles. The summed E-state index contributed by atoms with van der Waals surface area (Å²) >= 11 is 0. The Morgan fingerprint density at radius 1 is 0.612 bits per heavy atom. The van der Waals surface area contributed by atoms with Crippen molar-refractivity contribution in [2.45, 2.75) is 52.4 Å². The highest BCUT2D eigenvalue weighted by atomic mass is 16.5. The lowest BCUT2D eigenvalue weighted by Gasteiger charge is -2.21. The minimum absolute atomic E-state index is 0.00394. The van der Waals surface area contributed by atoms with Crippen LogP contribution in [0.1, 0.15) is 52.7 Å². The number of nitrogens with zero attached hydrogens (tertiary/aromatic N) is 5. The third-order valence-corrected chi connectivity index (χ3v) is 9.17. The lowest BCUT2D eigenvalue weighted by molar-refractivity contribution is -0.577. The van der Waals surface area contributed by atoms with Gasteiger partial charge in [-0.25, -0.2) is 4.98 Å². The molecule has 0 unspecified atom stereocenters. The van der Waals surface area contributed by atoms with Gasteiger partial charge in [0.2, 0.25) is 5.82 Å². The van der Waals surface area contributed by atoms with Crippen molar-refractivity contribution < 1.29 is 9.30 Å². The zero-order valence-corrected chi connectivity index (χ0v) is 28.8. The van der Waals surface area contributed by atoms with Crippen LogP contribution in [0, 0.1) is 6.33 Å². The maximum Gasteiger partial charge on any atom is 0.206 e. The van der Waals surface area contributed by atoms with Gasteiger partial charge in [0.15, 0.2) is 6.33 Å². The average Bonchev–Trinajstić information content (AvgIpc) is 3.64. The Labute approximate surface area is 286 Å². The van der Waals surface area contributed by atoms with Crippen molar-refractivity contribution in [2.75, 3.05) is 0 Å². The number of imidazole rings is 1. The number of rotatable bonds is 5. The van der Waals surface area contributed by atoms with Crippen LogP contribution in [0.2, 0.25) is 0 Å². The Morgan fingerprint density at radius 3 is 2.18 bits per heavy atom. The predicted octanol–water partition coefficient (Wildman–Crippen LogP) is 9.98. The third kappa shape index (κ3) is 5.43. The molecule has 6 nitrogen and oxygen atoms in total. The molecule has 0 N–H and O–H groups in total. The van der Waals surface area contributed by atoms with Crippen LogP contribution in [0.5, 0.6) is 11.5 Å². The number of ether oxygens (including phenoxy) is 1. The van der Waals surface area contributed by atoms with Crippen LogP contribution in [0.25, 0.3) is 50.2 Å². The highest BCUT2D eigenvalue weighted by Gasteiger charge is 2.23. The van der Waals surface area contributed by atoms with E-state index < -0.39 is 0 Å². The van der Waals surface area contributed by atoms with E-state index in [1.54, 1.807) is 0 Å². The van der Waals surface area contributed by atoms with Crippen molar-refractivity contribution in [1.82, 2.24) is 19.1 Å². The molecule has 6 heteroatoms. The van der Waals surface area contributed by atoms with Gasteiger partial charge in [-0.3, -0.25) is 9.13 Å². The molecule has 0 radical (unpaired) electrons. The van der Waals surface area contributed by atoms with Crippen LogP contribution in [-0.2, 0) is 10.8 Å². The Kier molecular flexibility index (Phi) is 7.14. The van der Waals surface area contributed by atoms with E-state index in [-0.39, 0.29) is 10.8 Å². The Balaban J connectivity index is 1.21. The van der Waals surface area contributed by atoms with E-state index in [9.17, 15) is 0 Å². The monoisotopic (exact) mass is 641 g/mol. The van der Waals surface area contributed by atoms with Crippen LogP contribution < -0.4 is 9.30 Å². The molecule has 0 aliphatic rings. The molecule has 0 bridgehead atoms. The van der Waals surface area contributed by atoms with Crippen molar-refractivity contribution in [3.8, 4) is 28.8 Å². The Bertz CT molecular complexity index is 2510. The van der Waals surface area contributed by atoms with Gasteiger partial charge in [-0.2, -0.15) is 4.98 Å². The SMILES string of the molecule is CC(C)(C)c1ccnc(-n2c3ccccc3c3ccc(Oc4cccc(-n5[c-][n+](-c6ncccc6C(C)(C)C)c6ccccc65)c4)cc32)c1. The molecule has 49 heavy (non-hydrogen) atoms. The van der Waals surface area contributed by atoms with Crippen molar-refractivity contribution in [1.29, 1.82) is 0 Å². The second-order valence-corrected chi connectivity index (χ2v) is 14.7. The molecule has 0 atom stereocenters. The van der Waals surface area contributed by atoms with Crippen molar-refractivity contribution in [2.24, 2.45) is 0 Å². The molecule has 0 aliphatic heterocycles. The van der Waals surface area contributed by atoms with Crippen LogP contribution in [-0.4, -0.2) is 19.1 Å². The summed E-state index contributed by atoms with van der Waals surface area (Å²) in [5.74, 6) is 3.26. The molecule has 0 saturated carbocycles. The first kappa shape index (κ1) is 30.6. The highest BCUT2D eigenvalue weighted by molar-refractivity contribution is 6.09. The lowest BCUT2D eigenvalue weighted by atomic mass is 9.87. The van der Waals surface area contributed by atoms with Crippen molar-refractivity contribution in [3.63, 3.8) is 0 Å². The van der Waals surface area contributed by atoms with Gasteiger partial charge in [-0.1, -0.05) is 102 Å². The Morgan fingerprint density at radius 2 is 1.37 bits per heavy atom. The van der Waals surface area contributed by atoms with E-state index in [1.807, 2.05) is 36.7 Å². The second-order valence-electron chi connectivity index (χ2n) is 14.7. The first-order chi connectivity index (χ1) is 23.6. The molecule has 0 fully saturated rings. The van der Waals surface area contributed by atoms with Gasteiger partial charge in [0.05, 0.1) is 17.2 Å². The minimum Gasteiger partial charge on any atom is -0.458 e. The molecule has 8 rings (SSSR count). The summed E-state index contributed by atoms with van der Waals surface area (Å²) in [6.07, 6.45) is 7.37. The largest absolute Gasteiger partial charge is 0.458 e. The van der Waals surface area contributed by atoms with Crippen molar-refractivity contribution in [3.05, 3.63) is 145 Å². The fraction of sp³-hybridized carbons (Fsp3) is 0.186. The number of benzene rings is 4. The number of para-hydroxylation sites is 3.